The van der Waals surface area contributed by atoms with Gasteiger partial charge in [-0.25, -0.2) is 9.97 Å². The van der Waals surface area contributed by atoms with Crippen LogP contribution in [0, 0.1) is 0 Å². The molecule has 1 fully saturated rings. The van der Waals surface area contributed by atoms with E-state index in [1.54, 1.807) is 12.4 Å². The van der Waals surface area contributed by atoms with Crippen molar-refractivity contribution >= 4 is 34.8 Å². The Balaban J connectivity index is 2.00. The van der Waals surface area contributed by atoms with Crippen LogP contribution >= 0.6 is 24.0 Å². The van der Waals surface area contributed by atoms with E-state index in [9.17, 15) is 0 Å². The van der Waals surface area contributed by atoms with Crippen molar-refractivity contribution in [2.45, 2.75) is 37.5 Å². The molecular weight excluding hydrogens is 264 g/mol. The molecule has 0 saturated heterocycles. The fraction of sp³-hybridized carbons (Fsp3) is 0.583. The Morgan fingerprint density at radius 3 is 3.00 bits per heavy atom. The van der Waals surface area contributed by atoms with Crippen molar-refractivity contribution in [1.82, 2.24) is 9.97 Å². The van der Waals surface area contributed by atoms with Crippen LogP contribution in [0.25, 0.3) is 0 Å². The van der Waals surface area contributed by atoms with Crippen molar-refractivity contribution in [1.29, 1.82) is 0 Å². The monoisotopic (exact) mass is 282 g/mol. The molecule has 18 heavy (non-hydrogen) atoms. The summed E-state index contributed by atoms with van der Waals surface area (Å²) in [4.78, 5) is 8.76. The van der Waals surface area contributed by atoms with Crippen LogP contribution in [-0.4, -0.2) is 32.0 Å². The molecule has 1 aromatic heterocycles. The predicted octanol–water partition coefficient (Wildman–Crippen LogP) is 2.20. The van der Waals surface area contributed by atoms with E-state index in [0.717, 1.165) is 11.1 Å². The fourth-order valence-corrected chi connectivity index (χ4v) is 3.57. The SMILES string of the molecule is CCSC1CCC(Nc2nccnc2C(N)=S)C1. The van der Waals surface area contributed by atoms with Gasteiger partial charge in [0.1, 0.15) is 10.7 Å². The minimum Gasteiger partial charge on any atom is -0.388 e. The van der Waals surface area contributed by atoms with E-state index in [2.05, 4.69) is 22.2 Å². The quantitative estimate of drug-likeness (QED) is 0.807. The van der Waals surface area contributed by atoms with Crippen molar-refractivity contribution in [3.8, 4) is 0 Å². The molecule has 0 aromatic carbocycles. The van der Waals surface area contributed by atoms with Crippen LogP contribution in [0.2, 0.25) is 0 Å². The highest BCUT2D eigenvalue weighted by atomic mass is 32.2. The largest absolute Gasteiger partial charge is 0.388 e. The van der Waals surface area contributed by atoms with Gasteiger partial charge in [-0.1, -0.05) is 19.1 Å². The molecule has 1 heterocycles. The third kappa shape index (κ3) is 3.32. The first-order chi connectivity index (χ1) is 8.70. The lowest BCUT2D eigenvalue weighted by Crippen LogP contribution is -2.22. The van der Waals surface area contributed by atoms with Gasteiger partial charge in [-0.2, -0.15) is 11.8 Å². The number of nitrogens with two attached hydrogens (primary N) is 1. The summed E-state index contributed by atoms with van der Waals surface area (Å²) >= 11 is 7.02. The number of hydrogen-bond acceptors (Lipinski definition) is 5. The van der Waals surface area contributed by atoms with Gasteiger partial charge in [0.15, 0.2) is 5.82 Å². The minimum atomic E-state index is 0.295. The smallest absolute Gasteiger partial charge is 0.155 e. The molecule has 3 N–H and O–H groups in total. The summed E-state index contributed by atoms with van der Waals surface area (Å²) in [5, 5.41) is 4.19. The Labute approximate surface area is 117 Å². The summed E-state index contributed by atoms with van der Waals surface area (Å²) in [6.45, 7) is 2.21. The van der Waals surface area contributed by atoms with Crippen molar-refractivity contribution in [3.05, 3.63) is 18.1 Å². The topological polar surface area (TPSA) is 63.8 Å². The Kier molecular flexibility index (Phi) is 4.77. The molecule has 0 radical (unpaired) electrons. The standard InChI is InChI=1S/C12H18N4S2/c1-2-18-9-4-3-8(7-9)16-12-10(11(13)17)14-5-6-15-12/h5-6,8-9H,2-4,7H2,1H3,(H2,13,17)(H,15,16). The van der Waals surface area contributed by atoms with Gasteiger partial charge in [0, 0.05) is 23.7 Å². The Morgan fingerprint density at radius 1 is 1.50 bits per heavy atom. The highest BCUT2D eigenvalue weighted by Gasteiger charge is 2.25. The number of aromatic nitrogens is 2. The third-order valence-electron chi connectivity index (χ3n) is 3.06. The molecule has 1 aromatic rings. The Morgan fingerprint density at radius 2 is 2.28 bits per heavy atom. The Hall–Kier alpha value is -0.880. The molecule has 1 aliphatic rings. The summed E-state index contributed by atoms with van der Waals surface area (Å²) in [6.07, 6.45) is 6.89. The van der Waals surface area contributed by atoms with Crippen molar-refractivity contribution < 1.29 is 0 Å². The second-order valence-corrected chi connectivity index (χ2v) is 6.37. The number of hydrogen-bond donors (Lipinski definition) is 2. The molecule has 1 aliphatic carbocycles. The summed E-state index contributed by atoms with van der Waals surface area (Å²) in [6, 6.07) is 0.457. The van der Waals surface area contributed by atoms with E-state index in [0.29, 0.717) is 16.7 Å². The van der Waals surface area contributed by atoms with E-state index < -0.39 is 0 Å². The molecular formula is C12H18N4S2. The summed E-state index contributed by atoms with van der Waals surface area (Å²) < 4.78 is 0. The predicted molar refractivity (Wildman–Crippen MR) is 81.1 cm³/mol. The first-order valence-electron chi connectivity index (χ1n) is 6.19. The lowest BCUT2D eigenvalue weighted by molar-refractivity contribution is 0.750. The molecule has 4 nitrogen and oxygen atoms in total. The number of thioether (sulfide) groups is 1. The molecule has 0 spiro atoms. The molecule has 2 atom stereocenters. The van der Waals surface area contributed by atoms with Gasteiger partial charge in [0.2, 0.25) is 0 Å². The van der Waals surface area contributed by atoms with Crippen LogP contribution < -0.4 is 11.1 Å². The van der Waals surface area contributed by atoms with E-state index >= 15 is 0 Å². The second-order valence-electron chi connectivity index (χ2n) is 4.35. The van der Waals surface area contributed by atoms with E-state index in [1.807, 2.05) is 11.8 Å². The van der Waals surface area contributed by atoms with Crippen LogP contribution in [0.5, 0.6) is 0 Å². The number of rotatable bonds is 5. The average molecular weight is 282 g/mol. The summed E-state index contributed by atoms with van der Waals surface area (Å²) in [7, 11) is 0. The van der Waals surface area contributed by atoms with Crippen molar-refractivity contribution in [2.24, 2.45) is 5.73 Å². The van der Waals surface area contributed by atoms with Gasteiger partial charge >= 0.3 is 0 Å². The van der Waals surface area contributed by atoms with Crippen molar-refractivity contribution in [2.75, 3.05) is 11.1 Å². The van der Waals surface area contributed by atoms with Gasteiger partial charge in [0.05, 0.1) is 0 Å². The van der Waals surface area contributed by atoms with Crippen LogP contribution in [0.1, 0.15) is 31.9 Å². The lowest BCUT2D eigenvalue weighted by atomic mass is 10.2. The third-order valence-corrected chi connectivity index (χ3v) is 4.49. The molecule has 98 valence electrons. The number of thiocarbonyl (C=S) groups is 1. The second kappa shape index (κ2) is 6.33. The normalized spacial score (nSPS) is 22.9. The van der Waals surface area contributed by atoms with Gasteiger partial charge in [-0.3, -0.25) is 0 Å². The average Bonchev–Trinajstić information content (AvgIpc) is 2.77. The zero-order valence-corrected chi connectivity index (χ0v) is 12.1. The van der Waals surface area contributed by atoms with E-state index in [4.69, 9.17) is 18.0 Å². The molecule has 6 heteroatoms. The van der Waals surface area contributed by atoms with E-state index in [1.165, 1.54) is 25.0 Å². The summed E-state index contributed by atoms with van der Waals surface area (Å²) in [5.74, 6) is 1.90. The molecule has 0 amide bonds. The number of anilines is 1. The zero-order valence-electron chi connectivity index (χ0n) is 10.4. The van der Waals surface area contributed by atoms with Gasteiger partial charge in [0.25, 0.3) is 0 Å². The van der Waals surface area contributed by atoms with Gasteiger partial charge < -0.3 is 11.1 Å². The first-order valence-corrected chi connectivity index (χ1v) is 7.65. The summed E-state index contributed by atoms with van der Waals surface area (Å²) in [5.41, 5.74) is 6.25. The maximum atomic E-state index is 5.65. The fourth-order valence-electron chi connectivity index (χ4n) is 2.28. The Bertz CT molecular complexity index is 424. The first kappa shape index (κ1) is 13.5. The molecule has 0 aliphatic heterocycles. The maximum absolute atomic E-state index is 5.65. The molecule has 2 unspecified atom stereocenters. The highest BCUT2D eigenvalue weighted by Crippen LogP contribution is 2.31. The molecule has 0 bridgehead atoms. The maximum Gasteiger partial charge on any atom is 0.155 e. The van der Waals surface area contributed by atoms with Gasteiger partial charge in [-0.05, 0) is 25.0 Å². The zero-order chi connectivity index (χ0) is 13.0. The highest BCUT2D eigenvalue weighted by molar-refractivity contribution is 7.99. The minimum absolute atomic E-state index is 0.295. The van der Waals surface area contributed by atoms with Crippen LogP contribution in [0.15, 0.2) is 12.4 Å². The number of nitrogens with zero attached hydrogens (tertiary/aromatic N) is 2. The van der Waals surface area contributed by atoms with E-state index in [-0.39, 0.29) is 0 Å². The van der Waals surface area contributed by atoms with Gasteiger partial charge in [-0.15, -0.1) is 0 Å². The van der Waals surface area contributed by atoms with Crippen LogP contribution in [0.3, 0.4) is 0 Å². The lowest BCUT2D eigenvalue weighted by Gasteiger charge is -2.15. The number of nitrogens with one attached hydrogen (secondary N) is 1. The molecule has 2 rings (SSSR count). The molecule has 1 saturated carbocycles. The van der Waals surface area contributed by atoms with Crippen LogP contribution in [-0.2, 0) is 0 Å². The van der Waals surface area contributed by atoms with Crippen molar-refractivity contribution in [3.63, 3.8) is 0 Å². The van der Waals surface area contributed by atoms with Crippen LogP contribution in [0.4, 0.5) is 5.82 Å².